The summed E-state index contributed by atoms with van der Waals surface area (Å²) in [5.74, 6) is 5.96. The van der Waals surface area contributed by atoms with Crippen LogP contribution in [0.25, 0.3) is 0 Å². The minimum absolute atomic E-state index is 0.0859. The normalized spacial score (nSPS) is 12.2. The second kappa shape index (κ2) is 6.70. The van der Waals surface area contributed by atoms with Gasteiger partial charge in [-0.25, -0.2) is 4.39 Å². The maximum Gasteiger partial charge on any atom is 0.141 e. The summed E-state index contributed by atoms with van der Waals surface area (Å²) in [6.07, 6.45) is 0.614. The van der Waals surface area contributed by atoms with E-state index in [-0.39, 0.29) is 11.1 Å². The van der Waals surface area contributed by atoms with Gasteiger partial charge in [0.25, 0.3) is 0 Å². The van der Waals surface area contributed by atoms with Gasteiger partial charge in [-0.1, -0.05) is 35.9 Å². The fourth-order valence-electron chi connectivity index (χ4n) is 2.09. The minimum Gasteiger partial charge on any atom is -0.496 e. The molecule has 0 aliphatic heterocycles. The molecule has 2 aromatic rings. The van der Waals surface area contributed by atoms with E-state index >= 15 is 0 Å². The predicted molar refractivity (Wildman–Crippen MR) is 78.2 cm³/mol. The molecule has 2 aromatic carbocycles. The van der Waals surface area contributed by atoms with Crippen LogP contribution in [0.3, 0.4) is 0 Å². The second-order valence-corrected chi connectivity index (χ2v) is 4.82. The number of halogens is 2. The first kappa shape index (κ1) is 14.8. The number of nitrogens with one attached hydrogen (secondary N) is 1. The number of hydrazine groups is 1. The van der Waals surface area contributed by atoms with Crippen molar-refractivity contribution in [1.29, 1.82) is 0 Å². The molecule has 0 fully saturated rings. The Morgan fingerprint density at radius 2 is 2.05 bits per heavy atom. The van der Waals surface area contributed by atoms with E-state index in [9.17, 15) is 4.39 Å². The van der Waals surface area contributed by atoms with Crippen LogP contribution in [0.15, 0.2) is 42.5 Å². The molecule has 1 unspecified atom stereocenters. The molecule has 0 aliphatic rings. The van der Waals surface area contributed by atoms with Gasteiger partial charge in [0.15, 0.2) is 0 Å². The van der Waals surface area contributed by atoms with E-state index in [0.29, 0.717) is 6.42 Å². The van der Waals surface area contributed by atoms with Crippen LogP contribution in [0.2, 0.25) is 5.02 Å². The fraction of sp³-hybridized carbons (Fsp3) is 0.200. The van der Waals surface area contributed by atoms with Crippen molar-refractivity contribution in [1.82, 2.24) is 5.43 Å². The summed E-state index contributed by atoms with van der Waals surface area (Å²) in [6.45, 7) is 0. The Hall–Kier alpha value is -1.62. The number of ether oxygens (including phenoxy) is 1. The lowest BCUT2D eigenvalue weighted by Gasteiger charge is -2.18. The van der Waals surface area contributed by atoms with E-state index < -0.39 is 5.82 Å². The van der Waals surface area contributed by atoms with Crippen molar-refractivity contribution >= 4 is 11.6 Å². The number of rotatable bonds is 5. The maximum atomic E-state index is 13.2. The van der Waals surface area contributed by atoms with Crippen LogP contribution in [0.4, 0.5) is 4.39 Å². The average Bonchev–Trinajstić information content (AvgIpc) is 2.48. The zero-order valence-electron chi connectivity index (χ0n) is 11.1. The van der Waals surface area contributed by atoms with Crippen LogP contribution < -0.4 is 16.0 Å². The zero-order valence-corrected chi connectivity index (χ0v) is 11.8. The van der Waals surface area contributed by atoms with Crippen LogP contribution in [0, 0.1) is 5.82 Å². The number of para-hydroxylation sites is 1. The monoisotopic (exact) mass is 294 g/mol. The summed E-state index contributed by atoms with van der Waals surface area (Å²) in [7, 11) is 1.62. The third kappa shape index (κ3) is 3.28. The Balaban J connectivity index is 2.26. The predicted octanol–water partition coefficient (Wildman–Crippen LogP) is 3.23. The summed E-state index contributed by atoms with van der Waals surface area (Å²) in [4.78, 5) is 0. The summed E-state index contributed by atoms with van der Waals surface area (Å²) < 4.78 is 18.5. The van der Waals surface area contributed by atoms with Gasteiger partial charge in [-0.2, -0.15) is 0 Å². The Morgan fingerprint density at radius 3 is 2.70 bits per heavy atom. The highest BCUT2D eigenvalue weighted by atomic mass is 35.5. The lowest BCUT2D eigenvalue weighted by molar-refractivity contribution is 0.405. The maximum absolute atomic E-state index is 13.2. The first-order valence-electron chi connectivity index (χ1n) is 6.18. The van der Waals surface area contributed by atoms with Gasteiger partial charge in [0.05, 0.1) is 18.2 Å². The summed E-state index contributed by atoms with van der Waals surface area (Å²) in [5.41, 5.74) is 4.56. The van der Waals surface area contributed by atoms with E-state index in [4.69, 9.17) is 22.2 Å². The molecule has 0 amide bonds. The minimum atomic E-state index is -0.441. The van der Waals surface area contributed by atoms with Gasteiger partial charge in [-0.3, -0.25) is 11.3 Å². The first-order valence-corrected chi connectivity index (χ1v) is 6.56. The highest BCUT2D eigenvalue weighted by Crippen LogP contribution is 2.26. The highest BCUT2D eigenvalue weighted by molar-refractivity contribution is 6.30. The zero-order chi connectivity index (χ0) is 14.5. The molecule has 0 spiro atoms. The molecule has 20 heavy (non-hydrogen) atoms. The van der Waals surface area contributed by atoms with Gasteiger partial charge in [0.2, 0.25) is 0 Å². The van der Waals surface area contributed by atoms with Gasteiger partial charge in [-0.15, -0.1) is 0 Å². The van der Waals surface area contributed by atoms with Crippen molar-refractivity contribution in [3.05, 3.63) is 64.4 Å². The Kier molecular flexibility index (Phi) is 4.95. The number of benzene rings is 2. The van der Waals surface area contributed by atoms with Crippen molar-refractivity contribution in [3.8, 4) is 5.75 Å². The quantitative estimate of drug-likeness (QED) is 0.657. The SMILES string of the molecule is COc1ccccc1CC(NN)c1ccc(F)c(Cl)c1. The molecular weight excluding hydrogens is 279 g/mol. The number of methoxy groups -OCH3 is 1. The Bertz CT molecular complexity index is 592. The molecule has 0 saturated carbocycles. The molecule has 2 rings (SSSR count). The second-order valence-electron chi connectivity index (χ2n) is 4.41. The third-order valence-electron chi connectivity index (χ3n) is 3.16. The molecule has 0 bridgehead atoms. The van der Waals surface area contributed by atoms with Crippen LogP contribution in [-0.2, 0) is 6.42 Å². The van der Waals surface area contributed by atoms with Gasteiger partial charge < -0.3 is 4.74 Å². The van der Waals surface area contributed by atoms with Crippen LogP contribution in [0.5, 0.6) is 5.75 Å². The van der Waals surface area contributed by atoms with Crippen LogP contribution >= 0.6 is 11.6 Å². The number of hydrogen-bond acceptors (Lipinski definition) is 3. The number of hydrogen-bond donors (Lipinski definition) is 2. The van der Waals surface area contributed by atoms with Crippen LogP contribution in [0.1, 0.15) is 17.2 Å². The Labute approximate surface area is 122 Å². The first-order chi connectivity index (χ1) is 9.65. The van der Waals surface area contributed by atoms with Gasteiger partial charge in [0, 0.05) is 0 Å². The van der Waals surface area contributed by atoms with Crippen molar-refractivity contribution in [2.75, 3.05) is 7.11 Å². The molecule has 106 valence electrons. The van der Waals surface area contributed by atoms with Crippen LogP contribution in [-0.4, -0.2) is 7.11 Å². The van der Waals surface area contributed by atoms with Crippen molar-refractivity contribution in [3.63, 3.8) is 0 Å². The smallest absolute Gasteiger partial charge is 0.141 e. The lowest BCUT2D eigenvalue weighted by atomic mass is 9.99. The molecular formula is C15H16ClFN2O. The van der Waals surface area contributed by atoms with E-state index in [0.717, 1.165) is 16.9 Å². The largest absolute Gasteiger partial charge is 0.496 e. The lowest BCUT2D eigenvalue weighted by Crippen LogP contribution is -2.29. The summed E-state index contributed by atoms with van der Waals surface area (Å²) >= 11 is 5.81. The van der Waals surface area contributed by atoms with Crippen molar-refractivity contribution in [2.24, 2.45) is 5.84 Å². The molecule has 0 saturated heterocycles. The summed E-state index contributed by atoms with van der Waals surface area (Å²) in [6, 6.07) is 12.1. The van der Waals surface area contributed by atoms with Crippen molar-refractivity contribution < 1.29 is 9.13 Å². The fourth-order valence-corrected chi connectivity index (χ4v) is 2.28. The summed E-state index contributed by atoms with van der Waals surface area (Å²) in [5, 5.41) is 0.0859. The van der Waals surface area contributed by atoms with E-state index in [1.807, 2.05) is 24.3 Å². The van der Waals surface area contributed by atoms with Gasteiger partial charge >= 0.3 is 0 Å². The molecule has 0 aromatic heterocycles. The Morgan fingerprint density at radius 1 is 1.30 bits per heavy atom. The molecule has 3 N–H and O–H groups in total. The third-order valence-corrected chi connectivity index (χ3v) is 3.45. The molecule has 0 aliphatic carbocycles. The molecule has 0 heterocycles. The van der Waals surface area contributed by atoms with Crippen molar-refractivity contribution in [2.45, 2.75) is 12.5 Å². The molecule has 3 nitrogen and oxygen atoms in total. The molecule has 5 heteroatoms. The topological polar surface area (TPSA) is 47.3 Å². The molecule has 0 radical (unpaired) electrons. The van der Waals surface area contributed by atoms with E-state index in [1.54, 1.807) is 19.2 Å². The van der Waals surface area contributed by atoms with Gasteiger partial charge in [-0.05, 0) is 35.7 Å². The average molecular weight is 295 g/mol. The standard InChI is InChI=1S/C15H16ClFN2O/c1-20-15-5-3-2-4-11(15)9-14(19-18)10-6-7-13(17)12(16)8-10/h2-8,14,19H,9,18H2,1H3. The van der Waals surface area contributed by atoms with Gasteiger partial charge in [0.1, 0.15) is 11.6 Å². The highest BCUT2D eigenvalue weighted by Gasteiger charge is 2.14. The molecule has 1 atom stereocenters. The van der Waals surface area contributed by atoms with E-state index in [2.05, 4.69) is 5.43 Å². The number of nitrogens with two attached hydrogens (primary N) is 1. The van der Waals surface area contributed by atoms with E-state index in [1.165, 1.54) is 6.07 Å².